The van der Waals surface area contributed by atoms with Gasteiger partial charge in [-0.3, -0.25) is 15.1 Å². The number of alkyl carbamates (subject to hydrolysis) is 1. The first-order valence-electron chi connectivity index (χ1n) is 7.92. The molecule has 3 rings (SSSR count). The van der Waals surface area contributed by atoms with Crippen LogP contribution in [0.1, 0.15) is 13.8 Å². The van der Waals surface area contributed by atoms with E-state index in [-0.39, 0.29) is 6.61 Å². The van der Waals surface area contributed by atoms with Gasteiger partial charge in [0.15, 0.2) is 18.2 Å². The van der Waals surface area contributed by atoms with E-state index in [4.69, 9.17) is 9.47 Å². The Morgan fingerprint density at radius 1 is 1.52 bits per heavy atom. The van der Waals surface area contributed by atoms with Crippen molar-refractivity contribution in [2.45, 2.75) is 25.8 Å². The molecular weight excluding hydrogens is 342 g/mol. The van der Waals surface area contributed by atoms with Gasteiger partial charge in [0.2, 0.25) is 0 Å². The number of amides is 1. The van der Waals surface area contributed by atoms with Crippen molar-refractivity contribution in [2.75, 3.05) is 18.1 Å². The molecule has 2 atom stereocenters. The summed E-state index contributed by atoms with van der Waals surface area (Å²) in [6.07, 6.45) is 1.28. The molecule has 1 saturated heterocycles. The molecule has 0 aromatic carbocycles. The number of ether oxygens (including phenoxy) is 2. The Labute approximate surface area is 149 Å². The van der Waals surface area contributed by atoms with Crippen LogP contribution in [0.3, 0.4) is 0 Å². The fraction of sp³-hybridized carbons (Fsp3) is 0.353. The zero-order valence-corrected chi connectivity index (χ0v) is 14.8. The maximum absolute atomic E-state index is 11.6. The van der Waals surface area contributed by atoms with Crippen LogP contribution in [0.5, 0.6) is 0 Å². The summed E-state index contributed by atoms with van der Waals surface area (Å²) in [4.78, 5) is 30.4. The number of thiophene rings is 1. The standard InChI is InChI=1S/C17H19N3O4S/c1-3-23-16(22)19-14-10-20(17(2,11-21)24-14)15-8-7-13(25-15)12-6-4-5-9-18-12/h4-9,11,14H,3,10H2,1-2H3,(H,19,22)/t14-,17?/m1/s1. The van der Waals surface area contributed by atoms with Crippen molar-refractivity contribution in [3.05, 3.63) is 36.5 Å². The van der Waals surface area contributed by atoms with E-state index in [1.54, 1.807) is 20.0 Å². The van der Waals surface area contributed by atoms with E-state index < -0.39 is 18.0 Å². The number of carbonyl (C=O) groups is 2. The highest BCUT2D eigenvalue weighted by atomic mass is 32.1. The van der Waals surface area contributed by atoms with Crippen molar-refractivity contribution in [1.29, 1.82) is 0 Å². The molecule has 1 N–H and O–H groups in total. The molecule has 2 aromatic rings. The van der Waals surface area contributed by atoms with Gasteiger partial charge in [-0.15, -0.1) is 11.3 Å². The Hall–Kier alpha value is -2.45. The molecule has 0 saturated carbocycles. The highest BCUT2D eigenvalue weighted by Crippen LogP contribution is 2.38. The summed E-state index contributed by atoms with van der Waals surface area (Å²) in [7, 11) is 0. The molecule has 0 radical (unpaired) electrons. The van der Waals surface area contributed by atoms with Crippen molar-refractivity contribution in [3.8, 4) is 10.6 Å². The van der Waals surface area contributed by atoms with Crippen molar-refractivity contribution < 1.29 is 19.1 Å². The minimum atomic E-state index is -1.16. The lowest BCUT2D eigenvalue weighted by Gasteiger charge is -2.28. The summed E-state index contributed by atoms with van der Waals surface area (Å²) in [5.74, 6) is 0. The number of rotatable bonds is 5. The summed E-state index contributed by atoms with van der Waals surface area (Å²) in [5, 5.41) is 3.48. The molecule has 132 valence electrons. The fourth-order valence-corrected chi connectivity index (χ4v) is 3.72. The van der Waals surface area contributed by atoms with Crippen LogP contribution in [0, 0.1) is 0 Å². The monoisotopic (exact) mass is 361 g/mol. The maximum atomic E-state index is 11.6. The molecule has 2 aromatic heterocycles. The Bertz CT molecular complexity index is 751. The summed E-state index contributed by atoms with van der Waals surface area (Å²) in [6, 6.07) is 9.60. The van der Waals surface area contributed by atoms with E-state index in [0.717, 1.165) is 21.9 Å². The molecule has 25 heavy (non-hydrogen) atoms. The lowest BCUT2D eigenvalue weighted by molar-refractivity contribution is -0.128. The first-order valence-corrected chi connectivity index (χ1v) is 8.73. The lowest BCUT2D eigenvalue weighted by atomic mass is 10.2. The smallest absolute Gasteiger partial charge is 0.409 e. The number of hydrogen-bond donors (Lipinski definition) is 1. The van der Waals surface area contributed by atoms with Gasteiger partial charge in [-0.2, -0.15) is 0 Å². The maximum Gasteiger partial charge on any atom is 0.409 e. The number of pyridine rings is 1. The van der Waals surface area contributed by atoms with Crippen LogP contribution >= 0.6 is 11.3 Å². The molecular formula is C17H19N3O4S. The molecule has 1 aliphatic rings. The third kappa shape index (κ3) is 3.64. The molecule has 7 nitrogen and oxygen atoms in total. The van der Waals surface area contributed by atoms with E-state index >= 15 is 0 Å². The van der Waals surface area contributed by atoms with E-state index in [1.807, 2.05) is 35.2 Å². The Kier molecular flexibility index (Phi) is 5.00. The highest BCUT2D eigenvalue weighted by Gasteiger charge is 2.44. The molecule has 1 fully saturated rings. The molecule has 0 aliphatic carbocycles. The van der Waals surface area contributed by atoms with Crippen LogP contribution in [0.25, 0.3) is 10.6 Å². The van der Waals surface area contributed by atoms with Crippen LogP contribution in [0.2, 0.25) is 0 Å². The van der Waals surface area contributed by atoms with Crippen molar-refractivity contribution in [3.63, 3.8) is 0 Å². The number of carbonyl (C=O) groups excluding carboxylic acids is 2. The number of hydrogen-bond acceptors (Lipinski definition) is 7. The molecule has 0 bridgehead atoms. The van der Waals surface area contributed by atoms with E-state index in [0.29, 0.717) is 6.54 Å². The topological polar surface area (TPSA) is 80.8 Å². The largest absolute Gasteiger partial charge is 0.450 e. The summed E-state index contributed by atoms with van der Waals surface area (Å²) >= 11 is 1.51. The minimum absolute atomic E-state index is 0.269. The zero-order chi connectivity index (χ0) is 17.9. The Balaban J connectivity index is 1.79. The second-order valence-corrected chi connectivity index (χ2v) is 6.67. The van der Waals surface area contributed by atoms with Crippen molar-refractivity contribution in [1.82, 2.24) is 10.3 Å². The van der Waals surface area contributed by atoms with Gasteiger partial charge in [-0.05, 0) is 38.1 Å². The van der Waals surface area contributed by atoms with Crippen LogP contribution in [0.15, 0.2) is 36.5 Å². The minimum Gasteiger partial charge on any atom is -0.450 e. The summed E-state index contributed by atoms with van der Waals surface area (Å²) in [5.41, 5.74) is -0.288. The Morgan fingerprint density at radius 2 is 2.36 bits per heavy atom. The molecule has 3 heterocycles. The number of aromatic nitrogens is 1. The molecule has 0 spiro atoms. The highest BCUT2D eigenvalue weighted by molar-refractivity contribution is 7.19. The van der Waals surface area contributed by atoms with Gasteiger partial charge in [0.25, 0.3) is 0 Å². The normalized spacial score (nSPS) is 22.6. The fourth-order valence-electron chi connectivity index (χ4n) is 2.63. The molecule has 1 aliphatic heterocycles. The molecule has 8 heteroatoms. The predicted molar refractivity (Wildman–Crippen MR) is 94.4 cm³/mol. The van der Waals surface area contributed by atoms with E-state index in [1.165, 1.54) is 11.3 Å². The third-order valence-corrected chi connectivity index (χ3v) is 4.94. The summed E-state index contributed by atoms with van der Waals surface area (Å²) in [6.45, 7) is 4.01. The van der Waals surface area contributed by atoms with Crippen molar-refractivity contribution >= 4 is 28.7 Å². The van der Waals surface area contributed by atoms with Crippen LogP contribution in [-0.2, 0) is 14.3 Å². The molecule has 1 unspecified atom stereocenters. The second-order valence-electron chi connectivity index (χ2n) is 5.61. The quantitative estimate of drug-likeness (QED) is 0.825. The van der Waals surface area contributed by atoms with Gasteiger partial charge in [0.05, 0.1) is 28.7 Å². The average molecular weight is 361 g/mol. The van der Waals surface area contributed by atoms with Gasteiger partial charge < -0.3 is 14.4 Å². The first kappa shape index (κ1) is 17.4. The zero-order valence-electron chi connectivity index (χ0n) is 14.0. The number of anilines is 1. The van der Waals surface area contributed by atoms with E-state index in [2.05, 4.69) is 10.3 Å². The predicted octanol–water partition coefficient (Wildman–Crippen LogP) is 2.63. The average Bonchev–Trinajstić information content (AvgIpc) is 3.21. The number of nitrogens with one attached hydrogen (secondary N) is 1. The van der Waals surface area contributed by atoms with Gasteiger partial charge in [0.1, 0.15) is 0 Å². The van der Waals surface area contributed by atoms with Gasteiger partial charge in [0, 0.05) is 6.20 Å². The molecule has 1 amide bonds. The van der Waals surface area contributed by atoms with Crippen LogP contribution in [-0.4, -0.2) is 42.5 Å². The van der Waals surface area contributed by atoms with Gasteiger partial charge in [-0.25, -0.2) is 4.79 Å². The summed E-state index contributed by atoms with van der Waals surface area (Å²) < 4.78 is 10.6. The number of nitrogens with zero attached hydrogens (tertiary/aromatic N) is 2. The van der Waals surface area contributed by atoms with Crippen molar-refractivity contribution in [2.24, 2.45) is 0 Å². The number of aldehydes is 1. The van der Waals surface area contributed by atoms with E-state index in [9.17, 15) is 9.59 Å². The van der Waals surface area contributed by atoms with Crippen LogP contribution in [0.4, 0.5) is 9.80 Å². The first-order chi connectivity index (χ1) is 12.1. The lowest BCUT2D eigenvalue weighted by Crippen LogP contribution is -2.43. The Morgan fingerprint density at radius 3 is 3.04 bits per heavy atom. The van der Waals surface area contributed by atoms with Gasteiger partial charge in [-0.1, -0.05) is 6.07 Å². The second kappa shape index (κ2) is 7.20. The van der Waals surface area contributed by atoms with Crippen LogP contribution < -0.4 is 10.2 Å². The third-order valence-electron chi connectivity index (χ3n) is 3.81. The van der Waals surface area contributed by atoms with Gasteiger partial charge >= 0.3 is 6.09 Å². The SMILES string of the molecule is CCOC(=O)N[C@H]1CN(c2ccc(-c3ccccn3)s2)C(C)(C=O)O1.